The van der Waals surface area contributed by atoms with Crippen molar-refractivity contribution in [3.8, 4) is 0 Å². The van der Waals surface area contributed by atoms with Crippen LogP contribution in [0.5, 0.6) is 0 Å². The van der Waals surface area contributed by atoms with Crippen LogP contribution in [0.15, 0.2) is 12.1 Å². The lowest BCUT2D eigenvalue weighted by atomic mass is 10.3. The fourth-order valence-corrected chi connectivity index (χ4v) is 2.33. The standard InChI is InChI=1S/C8H3Cl2NOS/c9-7-2-5-6(13-7)1-4(3-12)8(10)11-5/h1-3H. The summed E-state index contributed by atoms with van der Waals surface area (Å²) in [5, 5.41) is 0.219. The summed E-state index contributed by atoms with van der Waals surface area (Å²) in [5.74, 6) is 0. The molecule has 13 heavy (non-hydrogen) atoms. The van der Waals surface area contributed by atoms with Crippen LogP contribution in [-0.2, 0) is 0 Å². The van der Waals surface area contributed by atoms with Gasteiger partial charge in [-0.25, -0.2) is 4.98 Å². The van der Waals surface area contributed by atoms with E-state index in [1.54, 1.807) is 12.1 Å². The Balaban J connectivity index is 2.79. The predicted molar refractivity (Wildman–Crippen MR) is 55.0 cm³/mol. The Kier molecular flexibility index (Phi) is 2.24. The normalized spacial score (nSPS) is 10.6. The number of thiophene rings is 1. The lowest BCUT2D eigenvalue weighted by Gasteiger charge is -1.93. The first-order chi connectivity index (χ1) is 6.20. The van der Waals surface area contributed by atoms with Gasteiger partial charge in [0.15, 0.2) is 6.29 Å². The van der Waals surface area contributed by atoms with Gasteiger partial charge in [-0.3, -0.25) is 4.79 Å². The van der Waals surface area contributed by atoms with Crippen LogP contribution in [0, 0.1) is 0 Å². The summed E-state index contributed by atoms with van der Waals surface area (Å²) in [6, 6.07) is 3.41. The highest BCUT2D eigenvalue weighted by molar-refractivity contribution is 7.22. The Hall–Kier alpha value is -0.640. The molecule has 0 saturated carbocycles. The van der Waals surface area contributed by atoms with E-state index in [0.29, 0.717) is 16.2 Å². The molecule has 2 rings (SSSR count). The number of hydrogen-bond acceptors (Lipinski definition) is 3. The Morgan fingerprint density at radius 1 is 1.38 bits per heavy atom. The minimum Gasteiger partial charge on any atom is -0.298 e. The second-order valence-electron chi connectivity index (χ2n) is 2.42. The van der Waals surface area contributed by atoms with Gasteiger partial charge >= 0.3 is 0 Å². The van der Waals surface area contributed by atoms with Crippen LogP contribution in [0.2, 0.25) is 9.49 Å². The number of aldehydes is 1. The average Bonchev–Trinajstić information content (AvgIpc) is 2.42. The largest absolute Gasteiger partial charge is 0.298 e. The molecule has 0 atom stereocenters. The molecule has 0 amide bonds. The number of carbonyl (C=O) groups excluding carboxylic acids is 1. The van der Waals surface area contributed by atoms with Crippen molar-refractivity contribution in [3.05, 3.63) is 27.2 Å². The van der Waals surface area contributed by atoms with E-state index in [9.17, 15) is 4.79 Å². The lowest BCUT2D eigenvalue weighted by molar-refractivity contribution is 0.112. The van der Waals surface area contributed by atoms with E-state index < -0.39 is 0 Å². The van der Waals surface area contributed by atoms with Gasteiger partial charge in [0.05, 0.1) is 20.1 Å². The Bertz CT molecular complexity index is 480. The Morgan fingerprint density at radius 2 is 2.15 bits per heavy atom. The van der Waals surface area contributed by atoms with E-state index in [2.05, 4.69) is 4.98 Å². The Labute approximate surface area is 88.1 Å². The van der Waals surface area contributed by atoms with Gasteiger partial charge in [-0.15, -0.1) is 11.3 Å². The van der Waals surface area contributed by atoms with Gasteiger partial charge in [0.2, 0.25) is 0 Å². The van der Waals surface area contributed by atoms with E-state index in [0.717, 1.165) is 10.2 Å². The molecule has 0 bridgehead atoms. The van der Waals surface area contributed by atoms with E-state index >= 15 is 0 Å². The number of nitrogens with zero attached hydrogens (tertiary/aromatic N) is 1. The first-order valence-electron chi connectivity index (χ1n) is 3.41. The SMILES string of the molecule is O=Cc1cc2sc(Cl)cc2nc1Cl. The second-order valence-corrected chi connectivity index (χ2v) is 4.49. The molecule has 0 aliphatic heterocycles. The predicted octanol–water partition coefficient (Wildman–Crippen LogP) is 3.42. The Morgan fingerprint density at radius 3 is 2.85 bits per heavy atom. The summed E-state index contributed by atoms with van der Waals surface area (Å²) in [6.45, 7) is 0. The third-order valence-electron chi connectivity index (χ3n) is 1.58. The number of aromatic nitrogens is 1. The molecule has 0 radical (unpaired) electrons. The third-order valence-corrected chi connectivity index (χ3v) is 3.08. The first kappa shape index (κ1) is 8.94. The molecular formula is C8H3Cl2NOS. The molecule has 0 fully saturated rings. The molecule has 0 aliphatic carbocycles. The molecule has 2 aromatic rings. The molecule has 2 aromatic heterocycles. The number of halogens is 2. The fraction of sp³-hybridized carbons (Fsp3) is 0. The minimum absolute atomic E-state index is 0.219. The van der Waals surface area contributed by atoms with Crippen molar-refractivity contribution in [3.63, 3.8) is 0 Å². The van der Waals surface area contributed by atoms with Crippen LogP contribution in [0.3, 0.4) is 0 Å². The van der Waals surface area contributed by atoms with Gasteiger partial charge in [-0.2, -0.15) is 0 Å². The van der Waals surface area contributed by atoms with Crippen molar-refractivity contribution in [2.24, 2.45) is 0 Å². The first-order valence-corrected chi connectivity index (χ1v) is 4.98. The maximum atomic E-state index is 10.5. The maximum Gasteiger partial charge on any atom is 0.153 e. The maximum absolute atomic E-state index is 10.5. The monoisotopic (exact) mass is 231 g/mol. The van der Waals surface area contributed by atoms with E-state index in [1.807, 2.05) is 0 Å². The lowest BCUT2D eigenvalue weighted by Crippen LogP contribution is -1.84. The highest BCUT2D eigenvalue weighted by atomic mass is 35.5. The number of fused-ring (bicyclic) bond motifs is 1. The van der Waals surface area contributed by atoms with Crippen LogP contribution in [0.1, 0.15) is 10.4 Å². The van der Waals surface area contributed by atoms with Crippen LogP contribution in [-0.4, -0.2) is 11.3 Å². The molecule has 0 spiro atoms. The van der Waals surface area contributed by atoms with Crippen molar-refractivity contribution in [1.82, 2.24) is 4.98 Å². The fourth-order valence-electron chi connectivity index (χ4n) is 1.01. The highest BCUT2D eigenvalue weighted by Gasteiger charge is 2.06. The molecule has 0 unspecified atom stereocenters. The minimum atomic E-state index is 0.219. The van der Waals surface area contributed by atoms with Crippen LogP contribution in [0.25, 0.3) is 10.2 Å². The van der Waals surface area contributed by atoms with Gasteiger partial charge in [-0.1, -0.05) is 23.2 Å². The summed E-state index contributed by atoms with van der Waals surface area (Å²) >= 11 is 12.9. The zero-order valence-corrected chi connectivity index (χ0v) is 8.58. The van der Waals surface area contributed by atoms with Crippen molar-refractivity contribution in [2.45, 2.75) is 0 Å². The summed E-state index contributed by atoms with van der Waals surface area (Å²) in [6.07, 6.45) is 0.683. The molecule has 66 valence electrons. The van der Waals surface area contributed by atoms with Crippen molar-refractivity contribution in [2.75, 3.05) is 0 Å². The van der Waals surface area contributed by atoms with Crippen LogP contribution >= 0.6 is 34.5 Å². The second kappa shape index (κ2) is 3.25. The smallest absolute Gasteiger partial charge is 0.153 e. The van der Waals surface area contributed by atoms with E-state index in [-0.39, 0.29) is 5.15 Å². The molecule has 0 N–H and O–H groups in total. The van der Waals surface area contributed by atoms with Gasteiger partial charge in [0, 0.05) is 0 Å². The molecule has 0 aliphatic rings. The summed E-state index contributed by atoms with van der Waals surface area (Å²) in [5.41, 5.74) is 1.12. The van der Waals surface area contributed by atoms with Crippen LogP contribution in [0.4, 0.5) is 0 Å². The quantitative estimate of drug-likeness (QED) is 0.557. The zero-order valence-electron chi connectivity index (χ0n) is 6.25. The molecule has 2 heterocycles. The van der Waals surface area contributed by atoms with E-state index in [4.69, 9.17) is 23.2 Å². The van der Waals surface area contributed by atoms with Gasteiger partial charge in [-0.05, 0) is 12.1 Å². The summed E-state index contributed by atoms with van der Waals surface area (Å²) in [7, 11) is 0. The van der Waals surface area contributed by atoms with Crippen molar-refractivity contribution in [1.29, 1.82) is 0 Å². The number of pyridine rings is 1. The van der Waals surface area contributed by atoms with Gasteiger partial charge in [0.1, 0.15) is 5.15 Å². The van der Waals surface area contributed by atoms with Crippen molar-refractivity contribution < 1.29 is 4.79 Å². The number of carbonyl (C=O) groups is 1. The van der Waals surface area contributed by atoms with Gasteiger partial charge in [0.25, 0.3) is 0 Å². The summed E-state index contributed by atoms with van der Waals surface area (Å²) in [4.78, 5) is 14.6. The third kappa shape index (κ3) is 1.55. The molecule has 0 saturated heterocycles. The van der Waals surface area contributed by atoms with Gasteiger partial charge < -0.3 is 0 Å². The number of hydrogen-bond donors (Lipinski definition) is 0. The molecule has 0 aromatic carbocycles. The van der Waals surface area contributed by atoms with Crippen LogP contribution < -0.4 is 0 Å². The summed E-state index contributed by atoms with van der Waals surface area (Å²) < 4.78 is 1.51. The topological polar surface area (TPSA) is 30.0 Å². The molecule has 2 nitrogen and oxygen atoms in total. The molecule has 5 heteroatoms. The zero-order chi connectivity index (χ0) is 9.42. The van der Waals surface area contributed by atoms with Crippen molar-refractivity contribution >= 4 is 51.0 Å². The molecular weight excluding hydrogens is 229 g/mol. The average molecular weight is 232 g/mol. The highest BCUT2D eigenvalue weighted by Crippen LogP contribution is 2.30. The number of rotatable bonds is 1. The van der Waals surface area contributed by atoms with E-state index in [1.165, 1.54) is 11.3 Å².